The predicted molar refractivity (Wildman–Crippen MR) is 169 cm³/mol. The van der Waals surface area contributed by atoms with Crippen molar-refractivity contribution in [2.24, 2.45) is 0 Å². The van der Waals surface area contributed by atoms with Gasteiger partial charge in [-0.1, -0.05) is 97.1 Å². The van der Waals surface area contributed by atoms with Crippen molar-refractivity contribution in [3.63, 3.8) is 0 Å². The molecule has 0 spiro atoms. The van der Waals surface area contributed by atoms with Crippen molar-refractivity contribution in [2.75, 3.05) is 39.3 Å². The SMILES string of the molecule is O=C(NCCN1CCN(C(=O)C(Sc2ccccc2)c2ccccc2)CC1)C(Sc1ccccc1)c1ccccc1. The van der Waals surface area contributed by atoms with Crippen LogP contribution in [0.2, 0.25) is 0 Å². The number of thioether (sulfide) groups is 2. The van der Waals surface area contributed by atoms with E-state index in [9.17, 15) is 9.59 Å². The number of benzene rings is 4. The van der Waals surface area contributed by atoms with Crippen molar-refractivity contribution in [1.82, 2.24) is 15.1 Å². The molecular weight excluding hydrogens is 547 g/mol. The maximum Gasteiger partial charge on any atom is 0.240 e. The Morgan fingerprint density at radius 2 is 1.05 bits per heavy atom. The van der Waals surface area contributed by atoms with Crippen LogP contribution in [0.1, 0.15) is 21.6 Å². The average molecular weight is 582 g/mol. The molecule has 2 unspecified atom stereocenters. The molecule has 1 heterocycles. The Balaban J connectivity index is 1.14. The normalized spacial score (nSPS) is 15.2. The van der Waals surface area contributed by atoms with Crippen LogP contribution in [0.4, 0.5) is 0 Å². The van der Waals surface area contributed by atoms with Gasteiger partial charge in [0.25, 0.3) is 0 Å². The van der Waals surface area contributed by atoms with Crippen molar-refractivity contribution < 1.29 is 9.59 Å². The maximum absolute atomic E-state index is 13.7. The lowest BCUT2D eigenvalue weighted by Gasteiger charge is -2.36. The molecule has 4 aromatic carbocycles. The van der Waals surface area contributed by atoms with Crippen LogP contribution in [0.5, 0.6) is 0 Å². The molecule has 2 atom stereocenters. The first-order valence-electron chi connectivity index (χ1n) is 14.0. The second-order valence-corrected chi connectivity index (χ2v) is 12.3. The van der Waals surface area contributed by atoms with Crippen molar-refractivity contribution in [2.45, 2.75) is 20.3 Å². The molecule has 4 aromatic rings. The van der Waals surface area contributed by atoms with Gasteiger partial charge in [0, 0.05) is 49.1 Å². The molecule has 1 aliphatic rings. The fourth-order valence-electron chi connectivity index (χ4n) is 4.85. The monoisotopic (exact) mass is 581 g/mol. The molecule has 2 amide bonds. The van der Waals surface area contributed by atoms with E-state index in [-0.39, 0.29) is 22.3 Å². The van der Waals surface area contributed by atoms with E-state index in [2.05, 4.69) is 22.3 Å². The van der Waals surface area contributed by atoms with E-state index in [4.69, 9.17) is 0 Å². The summed E-state index contributed by atoms with van der Waals surface area (Å²) in [7, 11) is 0. The standard InChI is InChI=1S/C34H35N3O2S2/c38-33(31(27-13-5-1-6-14-27)40-29-17-9-3-10-18-29)35-21-22-36-23-25-37(26-24-36)34(39)32(28-15-7-2-8-16-28)41-30-19-11-4-12-20-30/h1-20,31-32H,21-26H2,(H,35,38). The van der Waals surface area contributed by atoms with E-state index in [0.717, 1.165) is 40.6 Å². The van der Waals surface area contributed by atoms with Gasteiger partial charge in [-0.3, -0.25) is 14.5 Å². The first kappa shape index (κ1) is 29.0. The van der Waals surface area contributed by atoms with E-state index in [1.165, 1.54) is 0 Å². The van der Waals surface area contributed by atoms with Crippen LogP contribution in [-0.2, 0) is 9.59 Å². The zero-order valence-electron chi connectivity index (χ0n) is 23.0. The molecule has 7 heteroatoms. The van der Waals surface area contributed by atoms with E-state index in [1.54, 1.807) is 23.5 Å². The number of carbonyl (C=O) groups is 2. The first-order valence-corrected chi connectivity index (χ1v) is 15.8. The van der Waals surface area contributed by atoms with Crippen LogP contribution in [-0.4, -0.2) is 60.9 Å². The fraction of sp³-hybridized carbons (Fsp3) is 0.235. The van der Waals surface area contributed by atoms with E-state index in [1.807, 2.05) is 114 Å². The van der Waals surface area contributed by atoms with Crippen molar-refractivity contribution in [3.05, 3.63) is 132 Å². The Hall–Kier alpha value is -3.52. The van der Waals surface area contributed by atoms with Crippen molar-refractivity contribution in [1.29, 1.82) is 0 Å². The Bertz CT molecular complexity index is 1360. The minimum atomic E-state index is -0.315. The summed E-state index contributed by atoms with van der Waals surface area (Å²) in [6, 6.07) is 40.2. The molecule has 1 fully saturated rings. The molecule has 1 saturated heterocycles. The van der Waals surface area contributed by atoms with Gasteiger partial charge >= 0.3 is 0 Å². The molecule has 0 bridgehead atoms. The second-order valence-electron chi connectivity index (χ2n) is 9.90. The zero-order chi connectivity index (χ0) is 28.3. The average Bonchev–Trinajstić information content (AvgIpc) is 3.04. The van der Waals surface area contributed by atoms with Gasteiger partial charge in [-0.2, -0.15) is 0 Å². The van der Waals surface area contributed by atoms with Gasteiger partial charge in [0.15, 0.2) is 0 Å². The van der Waals surface area contributed by atoms with Gasteiger partial charge < -0.3 is 10.2 Å². The van der Waals surface area contributed by atoms with Gasteiger partial charge in [0.2, 0.25) is 11.8 Å². The lowest BCUT2D eigenvalue weighted by atomic mass is 10.1. The minimum absolute atomic E-state index is 0.0162. The molecule has 0 aliphatic carbocycles. The molecule has 0 radical (unpaired) electrons. The molecule has 5 nitrogen and oxygen atoms in total. The highest BCUT2D eigenvalue weighted by Crippen LogP contribution is 2.37. The van der Waals surface area contributed by atoms with E-state index < -0.39 is 0 Å². The van der Waals surface area contributed by atoms with Crippen molar-refractivity contribution >= 4 is 35.3 Å². The zero-order valence-corrected chi connectivity index (χ0v) is 24.6. The van der Waals surface area contributed by atoms with Gasteiger partial charge in [-0.05, 0) is 35.4 Å². The molecule has 0 aromatic heterocycles. The lowest BCUT2D eigenvalue weighted by molar-refractivity contribution is -0.132. The Labute approximate surface area is 251 Å². The number of hydrogen-bond donors (Lipinski definition) is 1. The summed E-state index contributed by atoms with van der Waals surface area (Å²) < 4.78 is 0. The summed E-state index contributed by atoms with van der Waals surface area (Å²) in [6.07, 6.45) is 0. The molecule has 1 N–H and O–H groups in total. The number of carbonyl (C=O) groups excluding carboxylic acids is 2. The number of hydrogen-bond acceptors (Lipinski definition) is 5. The predicted octanol–water partition coefficient (Wildman–Crippen LogP) is 6.31. The number of nitrogens with zero attached hydrogens (tertiary/aromatic N) is 2. The van der Waals surface area contributed by atoms with E-state index >= 15 is 0 Å². The summed E-state index contributed by atoms with van der Waals surface area (Å²) in [5.41, 5.74) is 2.02. The molecule has 5 rings (SSSR count). The minimum Gasteiger partial charge on any atom is -0.354 e. The Morgan fingerprint density at radius 1 is 0.610 bits per heavy atom. The molecule has 210 valence electrons. The van der Waals surface area contributed by atoms with Crippen LogP contribution in [0.15, 0.2) is 131 Å². The highest BCUT2D eigenvalue weighted by Gasteiger charge is 2.29. The fourth-order valence-corrected chi connectivity index (χ4v) is 7.05. The Morgan fingerprint density at radius 3 is 1.56 bits per heavy atom. The topological polar surface area (TPSA) is 52.7 Å². The first-order chi connectivity index (χ1) is 20.2. The van der Waals surface area contributed by atoms with Crippen LogP contribution < -0.4 is 5.32 Å². The van der Waals surface area contributed by atoms with Crippen molar-refractivity contribution in [3.8, 4) is 0 Å². The third-order valence-corrected chi connectivity index (χ3v) is 9.59. The second kappa shape index (κ2) is 14.9. The number of amides is 2. The number of rotatable bonds is 11. The summed E-state index contributed by atoms with van der Waals surface area (Å²) >= 11 is 3.18. The van der Waals surface area contributed by atoms with Gasteiger partial charge in [-0.25, -0.2) is 0 Å². The van der Waals surface area contributed by atoms with Gasteiger partial charge in [0.1, 0.15) is 10.5 Å². The van der Waals surface area contributed by atoms with Crippen LogP contribution in [0.3, 0.4) is 0 Å². The summed E-state index contributed by atoms with van der Waals surface area (Å²) in [6.45, 7) is 4.28. The summed E-state index contributed by atoms with van der Waals surface area (Å²) in [4.78, 5) is 33.5. The summed E-state index contributed by atoms with van der Waals surface area (Å²) in [5, 5.41) is 2.57. The van der Waals surface area contributed by atoms with Crippen LogP contribution in [0, 0.1) is 0 Å². The summed E-state index contributed by atoms with van der Waals surface area (Å²) in [5.74, 6) is 0.171. The number of nitrogens with one attached hydrogen (secondary N) is 1. The molecule has 1 aliphatic heterocycles. The smallest absolute Gasteiger partial charge is 0.240 e. The van der Waals surface area contributed by atoms with Gasteiger partial charge in [-0.15, -0.1) is 23.5 Å². The number of piperazine rings is 1. The molecule has 0 saturated carbocycles. The molecular formula is C34H35N3O2S2. The quantitative estimate of drug-likeness (QED) is 0.210. The Kier molecular flexibility index (Phi) is 10.5. The highest BCUT2D eigenvalue weighted by molar-refractivity contribution is 8.00. The van der Waals surface area contributed by atoms with E-state index in [0.29, 0.717) is 19.6 Å². The van der Waals surface area contributed by atoms with Gasteiger partial charge in [0.05, 0.1) is 0 Å². The van der Waals surface area contributed by atoms with Crippen LogP contribution >= 0.6 is 23.5 Å². The largest absolute Gasteiger partial charge is 0.354 e. The maximum atomic E-state index is 13.7. The highest BCUT2D eigenvalue weighted by atomic mass is 32.2. The third kappa shape index (κ3) is 8.26. The van der Waals surface area contributed by atoms with Crippen LogP contribution in [0.25, 0.3) is 0 Å². The third-order valence-electron chi connectivity index (χ3n) is 7.07. The lowest BCUT2D eigenvalue weighted by Crippen LogP contribution is -2.51. The molecule has 41 heavy (non-hydrogen) atoms.